The number of likely N-dealkylation sites (N-methyl/N-ethyl adjacent to an activating group) is 1. The van der Waals surface area contributed by atoms with E-state index in [0.717, 1.165) is 18.1 Å². The fourth-order valence-corrected chi connectivity index (χ4v) is 4.10. The summed E-state index contributed by atoms with van der Waals surface area (Å²) in [5, 5.41) is 3.82. The molecule has 2 fully saturated rings. The van der Waals surface area contributed by atoms with Gasteiger partial charge in [-0.3, -0.25) is 4.90 Å². The summed E-state index contributed by atoms with van der Waals surface area (Å²) in [4.78, 5) is 2.76. The summed E-state index contributed by atoms with van der Waals surface area (Å²) in [6, 6.07) is 2.40. The quantitative estimate of drug-likeness (QED) is 0.758. The van der Waals surface area contributed by atoms with Crippen molar-refractivity contribution in [2.75, 3.05) is 13.6 Å². The van der Waals surface area contributed by atoms with Gasteiger partial charge >= 0.3 is 0 Å². The van der Waals surface area contributed by atoms with Gasteiger partial charge in [0.2, 0.25) is 0 Å². The van der Waals surface area contributed by atoms with Crippen LogP contribution in [0.25, 0.3) is 0 Å². The van der Waals surface area contributed by atoms with Gasteiger partial charge in [-0.2, -0.15) is 0 Å². The minimum atomic E-state index is 0.752. The fourth-order valence-electron chi connectivity index (χ4n) is 4.10. The third-order valence-corrected chi connectivity index (χ3v) is 5.31. The lowest BCUT2D eigenvalue weighted by molar-refractivity contribution is 0.0975. The number of nitrogens with one attached hydrogen (secondary N) is 1. The monoisotopic (exact) mass is 266 g/mol. The van der Waals surface area contributed by atoms with Crippen LogP contribution in [0.3, 0.4) is 0 Å². The minimum Gasteiger partial charge on any atom is -0.312 e. The number of nitrogens with zero attached hydrogens (tertiary/aromatic N) is 1. The zero-order valence-electron chi connectivity index (χ0n) is 13.2. The van der Waals surface area contributed by atoms with Crippen LogP contribution in [0.5, 0.6) is 0 Å². The smallest absolute Gasteiger partial charge is 0.0249 e. The first-order valence-electron chi connectivity index (χ1n) is 8.78. The highest BCUT2D eigenvalue weighted by molar-refractivity contribution is 4.90. The van der Waals surface area contributed by atoms with Crippen LogP contribution in [0.4, 0.5) is 0 Å². The average molecular weight is 266 g/mol. The van der Waals surface area contributed by atoms with Gasteiger partial charge in [0.25, 0.3) is 0 Å². The molecule has 1 N–H and O–H groups in total. The predicted molar refractivity (Wildman–Crippen MR) is 83.6 cm³/mol. The highest BCUT2D eigenvalue weighted by atomic mass is 15.2. The van der Waals surface area contributed by atoms with Crippen LogP contribution >= 0.6 is 0 Å². The SMILES string of the molecule is CCCNC1CCCCC1N(C)C1CCCCCC1. The van der Waals surface area contributed by atoms with Crippen LogP contribution in [0, 0.1) is 0 Å². The Kier molecular flexibility index (Phi) is 6.66. The Morgan fingerprint density at radius 1 is 0.895 bits per heavy atom. The van der Waals surface area contributed by atoms with E-state index < -0.39 is 0 Å². The first-order valence-corrected chi connectivity index (χ1v) is 8.78. The fraction of sp³-hybridized carbons (Fsp3) is 1.00. The maximum atomic E-state index is 3.82. The second-order valence-corrected chi connectivity index (χ2v) is 6.72. The lowest BCUT2D eigenvalue weighted by atomic mass is 9.87. The van der Waals surface area contributed by atoms with E-state index in [1.54, 1.807) is 0 Å². The van der Waals surface area contributed by atoms with Crippen molar-refractivity contribution in [3.63, 3.8) is 0 Å². The first-order chi connectivity index (χ1) is 9.33. The van der Waals surface area contributed by atoms with Crippen molar-refractivity contribution in [2.45, 2.75) is 95.7 Å². The molecule has 112 valence electrons. The van der Waals surface area contributed by atoms with E-state index >= 15 is 0 Å². The second kappa shape index (κ2) is 8.26. The highest BCUT2D eigenvalue weighted by Gasteiger charge is 2.31. The van der Waals surface area contributed by atoms with Crippen molar-refractivity contribution in [3.05, 3.63) is 0 Å². The maximum Gasteiger partial charge on any atom is 0.0249 e. The third kappa shape index (κ3) is 4.46. The molecule has 2 atom stereocenters. The molecule has 2 rings (SSSR count). The lowest BCUT2D eigenvalue weighted by Crippen LogP contribution is -2.53. The molecule has 0 amide bonds. The van der Waals surface area contributed by atoms with Gasteiger partial charge in [-0.1, -0.05) is 45.4 Å². The molecule has 2 heteroatoms. The van der Waals surface area contributed by atoms with Crippen LogP contribution < -0.4 is 5.32 Å². The standard InChI is InChI=1S/C17H34N2/c1-3-14-18-16-12-8-9-13-17(16)19(2)15-10-6-4-5-7-11-15/h15-18H,3-14H2,1-2H3. The van der Waals surface area contributed by atoms with Gasteiger partial charge in [0.05, 0.1) is 0 Å². The van der Waals surface area contributed by atoms with Crippen LogP contribution in [-0.2, 0) is 0 Å². The van der Waals surface area contributed by atoms with Crippen molar-refractivity contribution in [3.8, 4) is 0 Å². The Labute approximate surface area is 120 Å². The Bertz CT molecular complexity index is 233. The van der Waals surface area contributed by atoms with Crippen molar-refractivity contribution < 1.29 is 0 Å². The van der Waals surface area contributed by atoms with Crippen LogP contribution in [0.1, 0.15) is 77.6 Å². The third-order valence-electron chi connectivity index (χ3n) is 5.31. The molecule has 2 aliphatic rings. The van der Waals surface area contributed by atoms with Gasteiger partial charge in [-0.05, 0) is 45.7 Å². The normalized spacial score (nSPS) is 30.5. The molecule has 2 saturated carbocycles. The molecule has 0 heterocycles. The van der Waals surface area contributed by atoms with E-state index in [1.807, 2.05) is 0 Å². The van der Waals surface area contributed by atoms with Gasteiger partial charge in [-0.15, -0.1) is 0 Å². The van der Waals surface area contributed by atoms with Crippen molar-refractivity contribution in [1.82, 2.24) is 10.2 Å². The minimum absolute atomic E-state index is 0.752. The highest BCUT2D eigenvalue weighted by Crippen LogP contribution is 2.28. The van der Waals surface area contributed by atoms with E-state index in [0.29, 0.717) is 0 Å². The van der Waals surface area contributed by atoms with Gasteiger partial charge in [0, 0.05) is 18.1 Å². The van der Waals surface area contributed by atoms with Gasteiger partial charge in [0.15, 0.2) is 0 Å². The van der Waals surface area contributed by atoms with E-state index in [9.17, 15) is 0 Å². The molecular weight excluding hydrogens is 232 g/mol. The first kappa shape index (κ1) is 15.3. The average Bonchev–Trinajstić information content (AvgIpc) is 2.73. The Morgan fingerprint density at radius 2 is 1.53 bits per heavy atom. The molecule has 19 heavy (non-hydrogen) atoms. The molecule has 0 bridgehead atoms. The Morgan fingerprint density at radius 3 is 2.21 bits per heavy atom. The Hall–Kier alpha value is -0.0800. The molecular formula is C17H34N2. The molecule has 0 aromatic carbocycles. The number of rotatable bonds is 5. The van der Waals surface area contributed by atoms with Gasteiger partial charge < -0.3 is 5.32 Å². The van der Waals surface area contributed by atoms with E-state index in [4.69, 9.17) is 0 Å². The second-order valence-electron chi connectivity index (χ2n) is 6.72. The summed E-state index contributed by atoms with van der Waals surface area (Å²) >= 11 is 0. The molecule has 0 aromatic heterocycles. The van der Waals surface area contributed by atoms with Crippen molar-refractivity contribution in [1.29, 1.82) is 0 Å². The van der Waals surface area contributed by atoms with E-state index in [2.05, 4.69) is 24.2 Å². The summed E-state index contributed by atoms with van der Waals surface area (Å²) in [6.45, 7) is 3.47. The zero-order chi connectivity index (χ0) is 13.5. The summed E-state index contributed by atoms with van der Waals surface area (Å²) in [7, 11) is 2.41. The van der Waals surface area contributed by atoms with Crippen LogP contribution in [-0.4, -0.2) is 36.6 Å². The Balaban J connectivity index is 1.91. The molecule has 2 nitrogen and oxygen atoms in total. The van der Waals surface area contributed by atoms with Crippen molar-refractivity contribution in [2.24, 2.45) is 0 Å². The molecule has 0 aromatic rings. The molecule has 2 unspecified atom stereocenters. The van der Waals surface area contributed by atoms with E-state index in [-0.39, 0.29) is 0 Å². The summed E-state index contributed by atoms with van der Waals surface area (Å²) < 4.78 is 0. The lowest BCUT2D eigenvalue weighted by Gasteiger charge is -2.42. The van der Waals surface area contributed by atoms with Crippen LogP contribution in [0.15, 0.2) is 0 Å². The topological polar surface area (TPSA) is 15.3 Å². The molecule has 0 spiro atoms. The van der Waals surface area contributed by atoms with E-state index in [1.165, 1.54) is 77.2 Å². The van der Waals surface area contributed by atoms with Gasteiger partial charge in [-0.25, -0.2) is 0 Å². The summed E-state index contributed by atoms with van der Waals surface area (Å²) in [5.74, 6) is 0. The van der Waals surface area contributed by atoms with Gasteiger partial charge in [0.1, 0.15) is 0 Å². The molecule has 0 saturated heterocycles. The molecule has 0 aliphatic heterocycles. The summed E-state index contributed by atoms with van der Waals surface area (Å²) in [6.07, 6.45) is 15.6. The maximum absolute atomic E-state index is 3.82. The predicted octanol–water partition coefficient (Wildman–Crippen LogP) is 3.95. The van der Waals surface area contributed by atoms with Crippen LogP contribution in [0.2, 0.25) is 0 Å². The molecule has 2 aliphatic carbocycles. The largest absolute Gasteiger partial charge is 0.312 e. The zero-order valence-corrected chi connectivity index (χ0v) is 13.2. The van der Waals surface area contributed by atoms with Crippen molar-refractivity contribution >= 4 is 0 Å². The number of hydrogen-bond donors (Lipinski definition) is 1. The number of hydrogen-bond acceptors (Lipinski definition) is 2. The molecule has 0 radical (unpaired) electrons. The summed E-state index contributed by atoms with van der Waals surface area (Å²) in [5.41, 5.74) is 0.